The number of halogens is 4. The van der Waals surface area contributed by atoms with Crippen molar-refractivity contribution < 1.29 is 0 Å². The molecule has 1 unspecified atom stereocenters. The van der Waals surface area contributed by atoms with Crippen molar-refractivity contribution in [1.29, 1.82) is 0 Å². The molecule has 2 aromatic heterocycles. The Morgan fingerprint density at radius 3 is 2.67 bits per heavy atom. The highest BCUT2D eigenvalue weighted by Gasteiger charge is 2.19. The van der Waals surface area contributed by atoms with Crippen LogP contribution in [0.4, 0.5) is 0 Å². The van der Waals surface area contributed by atoms with E-state index in [0.717, 1.165) is 25.8 Å². The van der Waals surface area contributed by atoms with E-state index in [2.05, 4.69) is 41.8 Å². The van der Waals surface area contributed by atoms with E-state index in [1.165, 1.54) is 0 Å². The van der Waals surface area contributed by atoms with E-state index in [-0.39, 0.29) is 5.38 Å². The first-order chi connectivity index (χ1) is 9.97. The van der Waals surface area contributed by atoms with Crippen LogP contribution >= 0.6 is 55.1 Å². The molecule has 1 atom stereocenters. The number of hydrogen-bond acceptors (Lipinski definition) is 2. The Morgan fingerprint density at radius 2 is 1.95 bits per heavy atom. The van der Waals surface area contributed by atoms with Gasteiger partial charge in [0.15, 0.2) is 5.65 Å². The van der Waals surface area contributed by atoms with Crippen molar-refractivity contribution >= 4 is 66.2 Å². The molecular weight excluding hydrogens is 441 g/mol. The van der Waals surface area contributed by atoms with Crippen molar-refractivity contribution in [3.8, 4) is 5.69 Å². The second-order valence-electron chi connectivity index (χ2n) is 4.51. The maximum atomic E-state index is 6.35. The van der Waals surface area contributed by atoms with Gasteiger partial charge in [-0.3, -0.25) is 4.57 Å². The first-order valence-corrected chi connectivity index (χ1v) is 8.51. The number of fused-ring (bicyclic) bond motifs is 1. The summed E-state index contributed by atoms with van der Waals surface area (Å²) in [5, 5.41) is 0.341. The Morgan fingerprint density at radius 1 is 1.19 bits per heavy atom. The number of pyridine rings is 1. The minimum absolute atomic E-state index is 0.270. The number of rotatable bonds is 2. The summed E-state index contributed by atoms with van der Waals surface area (Å²) in [4.78, 5) is 9.04. The molecule has 0 spiro atoms. The first kappa shape index (κ1) is 15.3. The molecule has 3 nitrogen and oxygen atoms in total. The Hall–Kier alpha value is -0.620. The Balaban J connectivity index is 2.39. The molecule has 0 aliphatic rings. The van der Waals surface area contributed by atoms with Crippen molar-refractivity contribution in [3.05, 3.63) is 50.3 Å². The van der Waals surface area contributed by atoms with Crippen LogP contribution in [-0.4, -0.2) is 14.5 Å². The van der Waals surface area contributed by atoms with Gasteiger partial charge < -0.3 is 0 Å². The number of alkyl halides is 1. The van der Waals surface area contributed by atoms with Gasteiger partial charge in [-0.2, -0.15) is 0 Å². The molecule has 2 heterocycles. The number of imidazole rings is 1. The third-order valence-electron chi connectivity index (χ3n) is 2.99. The number of nitrogens with zero attached hydrogens (tertiary/aromatic N) is 3. The molecule has 0 fully saturated rings. The lowest BCUT2D eigenvalue weighted by atomic mass is 10.3. The number of aromatic nitrogens is 3. The molecule has 0 radical (unpaired) electrons. The molecule has 3 rings (SSSR count). The SMILES string of the molecule is CC(Cl)c1nc2cc(Br)cnc2n1-c1cc(Br)ccc1Cl. The van der Waals surface area contributed by atoms with Gasteiger partial charge in [-0.15, -0.1) is 11.6 Å². The fourth-order valence-electron chi connectivity index (χ4n) is 2.12. The monoisotopic (exact) mass is 447 g/mol. The zero-order valence-corrected chi connectivity index (χ0v) is 15.5. The third kappa shape index (κ3) is 2.84. The van der Waals surface area contributed by atoms with Gasteiger partial charge >= 0.3 is 0 Å². The molecule has 21 heavy (non-hydrogen) atoms. The molecule has 0 saturated carbocycles. The second kappa shape index (κ2) is 5.88. The maximum absolute atomic E-state index is 6.35. The molecule has 7 heteroatoms. The van der Waals surface area contributed by atoms with E-state index < -0.39 is 0 Å². The lowest BCUT2D eigenvalue weighted by molar-refractivity contribution is 0.876. The molecule has 0 bridgehead atoms. The summed E-state index contributed by atoms with van der Waals surface area (Å²) < 4.78 is 3.69. The summed E-state index contributed by atoms with van der Waals surface area (Å²) in [6, 6.07) is 7.55. The minimum Gasteiger partial charge on any atom is -0.278 e. The van der Waals surface area contributed by atoms with Gasteiger partial charge in [0, 0.05) is 15.1 Å². The average molecular weight is 450 g/mol. The summed E-state index contributed by atoms with van der Waals surface area (Å²) in [5.41, 5.74) is 2.29. The summed E-state index contributed by atoms with van der Waals surface area (Å²) in [7, 11) is 0. The zero-order chi connectivity index (χ0) is 15.1. The third-order valence-corrected chi connectivity index (χ3v) is 4.44. The Labute approximate surface area is 148 Å². The van der Waals surface area contributed by atoms with Gasteiger partial charge in [0.1, 0.15) is 11.3 Å². The zero-order valence-electron chi connectivity index (χ0n) is 10.8. The van der Waals surface area contributed by atoms with E-state index in [1.54, 1.807) is 6.20 Å². The molecular formula is C14H9Br2Cl2N3. The van der Waals surface area contributed by atoms with Gasteiger partial charge in [0.05, 0.1) is 16.1 Å². The predicted octanol–water partition coefficient (Wildman–Crippen LogP) is 5.90. The van der Waals surface area contributed by atoms with E-state index in [4.69, 9.17) is 23.2 Å². The van der Waals surface area contributed by atoms with E-state index in [1.807, 2.05) is 35.8 Å². The summed E-state index contributed by atoms with van der Waals surface area (Å²) in [6.07, 6.45) is 1.73. The van der Waals surface area contributed by atoms with Gasteiger partial charge in [-0.05, 0) is 47.1 Å². The molecule has 0 amide bonds. The topological polar surface area (TPSA) is 30.7 Å². The van der Waals surface area contributed by atoms with Crippen LogP contribution in [0.15, 0.2) is 39.4 Å². The van der Waals surface area contributed by atoms with Gasteiger partial charge in [0.25, 0.3) is 0 Å². The van der Waals surface area contributed by atoms with Crippen molar-refractivity contribution in [2.24, 2.45) is 0 Å². The van der Waals surface area contributed by atoms with Crippen LogP contribution in [0.3, 0.4) is 0 Å². The average Bonchev–Trinajstić information content (AvgIpc) is 2.80. The fourth-order valence-corrected chi connectivity index (χ4v) is 3.14. The van der Waals surface area contributed by atoms with Gasteiger partial charge in [0.2, 0.25) is 0 Å². The fraction of sp³-hybridized carbons (Fsp3) is 0.143. The molecule has 0 saturated heterocycles. The largest absolute Gasteiger partial charge is 0.278 e. The second-order valence-corrected chi connectivity index (χ2v) is 7.41. The minimum atomic E-state index is -0.270. The van der Waals surface area contributed by atoms with Crippen molar-refractivity contribution in [1.82, 2.24) is 14.5 Å². The summed E-state index contributed by atoms with van der Waals surface area (Å²) in [5.74, 6) is 0.706. The van der Waals surface area contributed by atoms with Gasteiger partial charge in [-0.25, -0.2) is 9.97 Å². The molecule has 1 aromatic carbocycles. The van der Waals surface area contributed by atoms with E-state index >= 15 is 0 Å². The van der Waals surface area contributed by atoms with E-state index in [0.29, 0.717) is 10.8 Å². The van der Waals surface area contributed by atoms with Crippen LogP contribution in [0.5, 0.6) is 0 Å². The standard InChI is InChI=1S/C14H9Br2Cl2N3/c1-7(17)13-20-11-4-9(16)6-19-14(11)21(13)12-5-8(15)2-3-10(12)18/h2-7H,1H3. The normalized spacial score (nSPS) is 12.8. The maximum Gasteiger partial charge on any atom is 0.164 e. The lowest BCUT2D eigenvalue weighted by Gasteiger charge is -2.12. The summed E-state index contributed by atoms with van der Waals surface area (Å²) in [6.45, 7) is 1.88. The van der Waals surface area contributed by atoms with Crippen LogP contribution in [0.25, 0.3) is 16.9 Å². The predicted molar refractivity (Wildman–Crippen MR) is 93.5 cm³/mol. The highest BCUT2D eigenvalue weighted by Crippen LogP contribution is 2.32. The van der Waals surface area contributed by atoms with Gasteiger partial charge in [-0.1, -0.05) is 27.5 Å². The molecule has 0 aliphatic heterocycles. The lowest BCUT2D eigenvalue weighted by Crippen LogP contribution is -2.03. The van der Waals surface area contributed by atoms with E-state index in [9.17, 15) is 0 Å². The summed E-state index contributed by atoms with van der Waals surface area (Å²) >= 11 is 19.5. The number of benzene rings is 1. The quantitative estimate of drug-likeness (QED) is 0.456. The molecule has 0 aliphatic carbocycles. The van der Waals surface area contributed by atoms with Crippen molar-refractivity contribution in [2.75, 3.05) is 0 Å². The molecule has 3 aromatic rings. The van der Waals surface area contributed by atoms with Crippen molar-refractivity contribution in [2.45, 2.75) is 12.3 Å². The Bertz CT molecular complexity index is 830. The molecule has 108 valence electrons. The van der Waals surface area contributed by atoms with Crippen LogP contribution < -0.4 is 0 Å². The highest BCUT2D eigenvalue weighted by atomic mass is 79.9. The van der Waals surface area contributed by atoms with Crippen LogP contribution in [0.1, 0.15) is 18.1 Å². The number of hydrogen-bond donors (Lipinski definition) is 0. The highest BCUT2D eigenvalue weighted by molar-refractivity contribution is 9.10. The first-order valence-electron chi connectivity index (χ1n) is 6.11. The molecule has 0 N–H and O–H groups in total. The van der Waals surface area contributed by atoms with Crippen LogP contribution in [-0.2, 0) is 0 Å². The smallest absolute Gasteiger partial charge is 0.164 e. The van der Waals surface area contributed by atoms with Crippen LogP contribution in [0.2, 0.25) is 5.02 Å². The van der Waals surface area contributed by atoms with Crippen molar-refractivity contribution in [3.63, 3.8) is 0 Å². The van der Waals surface area contributed by atoms with Crippen LogP contribution in [0, 0.1) is 0 Å². The Kier molecular flexibility index (Phi) is 4.28.